The van der Waals surface area contributed by atoms with Gasteiger partial charge in [-0.3, -0.25) is 0 Å². The summed E-state index contributed by atoms with van der Waals surface area (Å²) in [5.74, 6) is 0. The van der Waals surface area contributed by atoms with E-state index in [2.05, 4.69) is 0 Å². The molecule has 0 unspecified atom stereocenters. The number of hydrogen-bond acceptors (Lipinski definition) is 4. The molecule has 2 N–H and O–H groups in total. The second-order valence-electron chi connectivity index (χ2n) is 3.67. The summed E-state index contributed by atoms with van der Waals surface area (Å²) in [5, 5.41) is 1.78. The molecule has 92 valence electrons. The molecule has 7 heteroatoms. The van der Waals surface area contributed by atoms with Gasteiger partial charge in [0.05, 0.1) is 0 Å². The molecular weight excluding hydrogens is 268 g/mol. The van der Waals surface area contributed by atoms with Gasteiger partial charge in [-0.25, -0.2) is 8.42 Å². The van der Waals surface area contributed by atoms with Gasteiger partial charge in [0.1, 0.15) is 4.21 Å². The fourth-order valence-electron chi connectivity index (χ4n) is 1.65. The standard InChI is InChI=1S/C9H14N2O2S2.ClH/c10-8-3-5-11(6-4-8)15(12,13)9-2-1-7-14-9;/h1-2,7-8H,3-6,10H2;1H. The van der Waals surface area contributed by atoms with Crippen LogP contribution in [0, 0.1) is 0 Å². The van der Waals surface area contributed by atoms with Crippen molar-refractivity contribution in [3.8, 4) is 0 Å². The van der Waals surface area contributed by atoms with Gasteiger partial charge in [-0.2, -0.15) is 4.31 Å². The van der Waals surface area contributed by atoms with Crippen LogP contribution < -0.4 is 5.73 Å². The first kappa shape index (κ1) is 13.9. The number of piperidine rings is 1. The van der Waals surface area contributed by atoms with Crippen molar-refractivity contribution in [1.82, 2.24) is 4.31 Å². The Hall–Kier alpha value is -0.140. The number of thiophene rings is 1. The Bertz CT molecular complexity index is 411. The van der Waals surface area contributed by atoms with E-state index in [9.17, 15) is 8.42 Å². The first-order valence-corrected chi connectivity index (χ1v) is 7.22. The van der Waals surface area contributed by atoms with E-state index in [1.54, 1.807) is 17.5 Å². The fourth-order valence-corrected chi connectivity index (χ4v) is 4.27. The highest BCUT2D eigenvalue weighted by atomic mass is 35.5. The summed E-state index contributed by atoms with van der Waals surface area (Å²) in [5.41, 5.74) is 5.74. The number of hydrogen-bond donors (Lipinski definition) is 1. The van der Waals surface area contributed by atoms with Crippen LogP contribution in [0.25, 0.3) is 0 Å². The van der Waals surface area contributed by atoms with Gasteiger partial charge >= 0.3 is 0 Å². The minimum absolute atomic E-state index is 0. The van der Waals surface area contributed by atoms with Crippen LogP contribution in [0.2, 0.25) is 0 Å². The van der Waals surface area contributed by atoms with Gasteiger partial charge < -0.3 is 5.73 Å². The van der Waals surface area contributed by atoms with Crippen LogP contribution in [-0.4, -0.2) is 31.9 Å². The Morgan fingerprint density at radius 1 is 1.38 bits per heavy atom. The molecule has 0 aliphatic carbocycles. The Morgan fingerprint density at radius 3 is 2.50 bits per heavy atom. The lowest BCUT2D eigenvalue weighted by Crippen LogP contribution is -2.42. The molecule has 1 aromatic rings. The maximum Gasteiger partial charge on any atom is 0.252 e. The van der Waals surface area contributed by atoms with Crippen LogP contribution in [0.3, 0.4) is 0 Å². The number of nitrogens with zero attached hydrogens (tertiary/aromatic N) is 1. The molecule has 0 spiro atoms. The highest BCUT2D eigenvalue weighted by Gasteiger charge is 2.28. The molecule has 2 heterocycles. The van der Waals surface area contributed by atoms with Crippen LogP contribution in [0.5, 0.6) is 0 Å². The molecule has 4 nitrogen and oxygen atoms in total. The van der Waals surface area contributed by atoms with Crippen molar-refractivity contribution in [3.05, 3.63) is 17.5 Å². The molecule has 0 atom stereocenters. The van der Waals surface area contributed by atoms with Gasteiger partial charge in [-0.1, -0.05) is 6.07 Å². The number of rotatable bonds is 2. The van der Waals surface area contributed by atoms with Gasteiger partial charge in [0.25, 0.3) is 10.0 Å². The first-order valence-electron chi connectivity index (χ1n) is 4.90. The van der Waals surface area contributed by atoms with E-state index in [-0.39, 0.29) is 18.4 Å². The quantitative estimate of drug-likeness (QED) is 0.889. The summed E-state index contributed by atoms with van der Waals surface area (Å²) in [6.45, 7) is 1.09. The van der Waals surface area contributed by atoms with Gasteiger partial charge in [0.2, 0.25) is 0 Å². The average Bonchev–Trinajstić information content (AvgIpc) is 2.71. The van der Waals surface area contributed by atoms with Gasteiger partial charge in [-0.05, 0) is 24.3 Å². The van der Waals surface area contributed by atoms with E-state index in [1.165, 1.54) is 15.6 Å². The second kappa shape index (κ2) is 5.46. The third-order valence-electron chi connectivity index (χ3n) is 2.59. The molecule has 1 saturated heterocycles. The molecule has 1 aromatic heterocycles. The smallest absolute Gasteiger partial charge is 0.252 e. The summed E-state index contributed by atoms with van der Waals surface area (Å²) >= 11 is 1.26. The summed E-state index contributed by atoms with van der Waals surface area (Å²) in [7, 11) is -3.25. The molecular formula is C9H15ClN2O2S2. The molecule has 0 saturated carbocycles. The molecule has 0 amide bonds. The second-order valence-corrected chi connectivity index (χ2v) is 6.79. The van der Waals surface area contributed by atoms with E-state index < -0.39 is 10.0 Å². The van der Waals surface area contributed by atoms with Crippen molar-refractivity contribution >= 4 is 33.8 Å². The lowest BCUT2D eigenvalue weighted by atomic mass is 10.1. The lowest BCUT2D eigenvalue weighted by Gasteiger charge is -2.28. The van der Waals surface area contributed by atoms with Gasteiger partial charge in [0, 0.05) is 19.1 Å². The predicted molar refractivity (Wildman–Crippen MR) is 67.5 cm³/mol. The molecule has 1 fully saturated rings. The molecule has 1 aliphatic heterocycles. The summed E-state index contributed by atoms with van der Waals surface area (Å²) in [6.07, 6.45) is 1.51. The molecule has 0 radical (unpaired) electrons. The zero-order valence-electron chi connectivity index (χ0n) is 8.70. The summed E-state index contributed by atoms with van der Waals surface area (Å²) in [6, 6.07) is 3.56. The SMILES string of the molecule is Cl.NC1CCN(S(=O)(=O)c2cccs2)CC1. The average molecular weight is 283 g/mol. The van der Waals surface area contributed by atoms with Crippen LogP contribution in [0.15, 0.2) is 21.7 Å². The zero-order chi connectivity index (χ0) is 10.9. The molecule has 16 heavy (non-hydrogen) atoms. The van der Waals surface area contributed by atoms with Crippen molar-refractivity contribution in [2.75, 3.05) is 13.1 Å². The predicted octanol–water partition coefficient (Wildman–Crippen LogP) is 1.28. The van der Waals surface area contributed by atoms with Crippen LogP contribution in [0.4, 0.5) is 0 Å². The van der Waals surface area contributed by atoms with E-state index in [1.807, 2.05) is 0 Å². The first-order chi connectivity index (χ1) is 7.10. The van der Waals surface area contributed by atoms with Crippen molar-refractivity contribution < 1.29 is 8.42 Å². The minimum Gasteiger partial charge on any atom is -0.328 e. The van der Waals surface area contributed by atoms with E-state index in [0.29, 0.717) is 17.3 Å². The summed E-state index contributed by atoms with van der Waals surface area (Å²) < 4.78 is 26.1. The zero-order valence-corrected chi connectivity index (χ0v) is 11.2. The largest absolute Gasteiger partial charge is 0.328 e. The Morgan fingerprint density at radius 2 is 2.00 bits per heavy atom. The highest BCUT2D eigenvalue weighted by molar-refractivity contribution is 7.91. The Kier molecular flexibility index (Phi) is 4.75. The van der Waals surface area contributed by atoms with E-state index in [4.69, 9.17) is 5.73 Å². The summed E-state index contributed by atoms with van der Waals surface area (Å²) in [4.78, 5) is 0. The van der Waals surface area contributed by atoms with Crippen molar-refractivity contribution in [3.63, 3.8) is 0 Å². The number of nitrogens with two attached hydrogens (primary N) is 1. The van der Waals surface area contributed by atoms with Crippen molar-refractivity contribution in [2.45, 2.75) is 23.1 Å². The van der Waals surface area contributed by atoms with Gasteiger partial charge in [0.15, 0.2) is 0 Å². The topological polar surface area (TPSA) is 63.4 Å². The normalized spacial score (nSPS) is 19.3. The van der Waals surface area contributed by atoms with Crippen molar-refractivity contribution in [1.29, 1.82) is 0 Å². The third kappa shape index (κ3) is 2.75. The Balaban J connectivity index is 0.00000128. The van der Waals surface area contributed by atoms with E-state index >= 15 is 0 Å². The fraction of sp³-hybridized carbons (Fsp3) is 0.556. The molecule has 1 aliphatic rings. The minimum atomic E-state index is -3.25. The number of halogens is 1. The monoisotopic (exact) mass is 282 g/mol. The maximum atomic E-state index is 12.1. The van der Waals surface area contributed by atoms with Crippen molar-refractivity contribution in [2.24, 2.45) is 5.73 Å². The Labute approximate surface area is 106 Å². The maximum absolute atomic E-state index is 12.1. The molecule has 2 rings (SSSR count). The highest BCUT2D eigenvalue weighted by Crippen LogP contribution is 2.23. The molecule has 0 aromatic carbocycles. The lowest BCUT2D eigenvalue weighted by molar-refractivity contribution is 0.320. The van der Waals surface area contributed by atoms with Crippen LogP contribution in [-0.2, 0) is 10.0 Å². The van der Waals surface area contributed by atoms with Crippen LogP contribution >= 0.6 is 23.7 Å². The number of sulfonamides is 1. The van der Waals surface area contributed by atoms with E-state index in [0.717, 1.165) is 12.8 Å². The molecule has 0 bridgehead atoms. The van der Waals surface area contributed by atoms with Crippen LogP contribution in [0.1, 0.15) is 12.8 Å². The third-order valence-corrected chi connectivity index (χ3v) is 5.86. The van der Waals surface area contributed by atoms with Gasteiger partial charge in [-0.15, -0.1) is 23.7 Å².